The lowest BCUT2D eigenvalue weighted by Crippen LogP contribution is -2.32. The molecule has 0 spiro atoms. The van der Waals surface area contributed by atoms with Crippen LogP contribution < -0.4 is 10.6 Å². The van der Waals surface area contributed by atoms with Gasteiger partial charge in [-0.2, -0.15) is 0 Å². The Morgan fingerprint density at radius 3 is 2.11 bits per heavy atom. The van der Waals surface area contributed by atoms with Gasteiger partial charge in [0.1, 0.15) is 0 Å². The monoisotopic (exact) mass is 248 g/mol. The minimum atomic E-state index is 0.577. The maximum Gasteiger partial charge on any atom is 0.00790 e. The van der Waals surface area contributed by atoms with E-state index in [1.54, 1.807) is 0 Å². The highest BCUT2D eigenvalue weighted by Crippen LogP contribution is 2.16. The lowest BCUT2D eigenvalue weighted by atomic mass is 9.97. The van der Waals surface area contributed by atoms with Gasteiger partial charge in [-0.25, -0.2) is 0 Å². The van der Waals surface area contributed by atoms with Gasteiger partial charge in [-0.15, -0.1) is 0 Å². The predicted molar refractivity (Wildman–Crippen MR) is 80.4 cm³/mol. The van der Waals surface area contributed by atoms with E-state index in [-0.39, 0.29) is 0 Å². The lowest BCUT2D eigenvalue weighted by molar-refractivity contribution is 0.556. The minimum Gasteiger partial charge on any atom is -0.315 e. The van der Waals surface area contributed by atoms with Crippen LogP contribution in [0, 0.1) is 20.8 Å². The zero-order valence-corrected chi connectivity index (χ0v) is 12.6. The van der Waals surface area contributed by atoms with Gasteiger partial charge in [0.15, 0.2) is 0 Å². The summed E-state index contributed by atoms with van der Waals surface area (Å²) < 4.78 is 0. The van der Waals surface area contributed by atoms with Gasteiger partial charge in [-0.1, -0.05) is 31.5 Å². The van der Waals surface area contributed by atoms with E-state index >= 15 is 0 Å². The van der Waals surface area contributed by atoms with E-state index in [0.29, 0.717) is 6.04 Å². The Kier molecular flexibility index (Phi) is 6.37. The summed E-state index contributed by atoms with van der Waals surface area (Å²) in [5.41, 5.74) is 5.72. The van der Waals surface area contributed by atoms with Gasteiger partial charge in [0, 0.05) is 19.1 Å². The van der Waals surface area contributed by atoms with Crippen LogP contribution in [0.1, 0.15) is 36.1 Å². The number of rotatable bonds is 7. The summed E-state index contributed by atoms with van der Waals surface area (Å²) in [5, 5.41) is 6.91. The SMILES string of the molecule is Cc1cc(C)c(CCNCCNC(C)C)c(C)c1. The molecule has 0 radical (unpaired) electrons. The van der Waals surface area contributed by atoms with Crippen molar-refractivity contribution in [1.82, 2.24) is 10.6 Å². The van der Waals surface area contributed by atoms with Crippen molar-refractivity contribution >= 4 is 0 Å². The van der Waals surface area contributed by atoms with Crippen LogP contribution in [-0.2, 0) is 6.42 Å². The molecule has 1 aromatic carbocycles. The summed E-state index contributed by atoms with van der Waals surface area (Å²) in [4.78, 5) is 0. The number of nitrogens with one attached hydrogen (secondary N) is 2. The molecule has 0 amide bonds. The van der Waals surface area contributed by atoms with Crippen molar-refractivity contribution in [3.8, 4) is 0 Å². The first-order valence-electron chi connectivity index (χ1n) is 7.01. The topological polar surface area (TPSA) is 24.1 Å². The van der Waals surface area contributed by atoms with Crippen LogP contribution in [0.15, 0.2) is 12.1 Å². The third-order valence-electron chi connectivity index (χ3n) is 3.25. The van der Waals surface area contributed by atoms with E-state index < -0.39 is 0 Å². The Balaban J connectivity index is 2.31. The molecule has 0 heterocycles. The summed E-state index contributed by atoms with van der Waals surface area (Å²) in [5.74, 6) is 0. The van der Waals surface area contributed by atoms with Crippen molar-refractivity contribution in [2.75, 3.05) is 19.6 Å². The first-order valence-corrected chi connectivity index (χ1v) is 7.01. The van der Waals surface area contributed by atoms with Crippen LogP contribution in [0.2, 0.25) is 0 Å². The van der Waals surface area contributed by atoms with Crippen LogP contribution in [-0.4, -0.2) is 25.7 Å². The van der Waals surface area contributed by atoms with E-state index in [0.717, 1.165) is 26.1 Å². The van der Waals surface area contributed by atoms with Crippen molar-refractivity contribution in [3.63, 3.8) is 0 Å². The van der Waals surface area contributed by atoms with Crippen LogP contribution in [0.25, 0.3) is 0 Å². The fourth-order valence-corrected chi connectivity index (χ4v) is 2.39. The second-order valence-electron chi connectivity index (χ2n) is 5.49. The van der Waals surface area contributed by atoms with E-state index in [1.165, 1.54) is 22.3 Å². The van der Waals surface area contributed by atoms with Crippen molar-refractivity contribution < 1.29 is 0 Å². The van der Waals surface area contributed by atoms with Crippen LogP contribution in [0.4, 0.5) is 0 Å². The molecule has 1 aromatic rings. The van der Waals surface area contributed by atoms with E-state index in [9.17, 15) is 0 Å². The third kappa shape index (κ3) is 5.19. The standard InChI is InChI=1S/C16H28N2/c1-12(2)18-9-8-17-7-6-16-14(4)10-13(3)11-15(16)5/h10-12,17-18H,6-9H2,1-5H3. The van der Waals surface area contributed by atoms with Gasteiger partial charge in [0.25, 0.3) is 0 Å². The molecule has 0 bridgehead atoms. The molecule has 0 aliphatic carbocycles. The van der Waals surface area contributed by atoms with Gasteiger partial charge in [-0.05, 0) is 50.4 Å². The van der Waals surface area contributed by atoms with Crippen molar-refractivity contribution in [2.24, 2.45) is 0 Å². The Labute approximate surface area is 112 Å². The molecular weight excluding hydrogens is 220 g/mol. The lowest BCUT2D eigenvalue weighted by Gasteiger charge is -2.12. The van der Waals surface area contributed by atoms with Crippen LogP contribution >= 0.6 is 0 Å². The molecule has 18 heavy (non-hydrogen) atoms. The van der Waals surface area contributed by atoms with Crippen molar-refractivity contribution in [2.45, 2.75) is 47.1 Å². The summed E-state index contributed by atoms with van der Waals surface area (Å²) >= 11 is 0. The zero-order chi connectivity index (χ0) is 13.5. The molecule has 0 aliphatic rings. The maximum atomic E-state index is 3.50. The normalized spacial score (nSPS) is 11.2. The van der Waals surface area contributed by atoms with Gasteiger partial charge in [-0.3, -0.25) is 0 Å². The second-order valence-corrected chi connectivity index (χ2v) is 5.49. The number of hydrogen-bond acceptors (Lipinski definition) is 2. The highest BCUT2D eigenvalue weighted by atomic mass is 14.9. The Bertz CT molecular complexity index is 346. The third-order valence-corrected chi connectivity index (χ3v) is 3.25. The Morgan fingerprint density at radius 1 is 0.944 bits per heavy atom. The molecule has 0 aromatic heterocycles. The van der Waals surface area contributed by atoms with Gasteiger partial charge in [0.05, 0.1) is 0 Å². The largest absolute Gasteiger partial charge is 0.315 e. The summed E-state index contributed by atoms with van der Waals surface area (Å²) in [7, 11) is 0. The maximum absolute atomic E-state index is 3.50. The molecule has 0 aliphatic heterocycles. The van der Waals surface area contributed by atoms with Crippen molar-refractivity contribution in [3.05, 3.63) is 34.4 Å². The zero-order valence-electron chi connectivity index (χ0n) is 12.6. The van der Waals surface area contributed by atoms with Gasteiger partial charge >= 0.3 is 0 Å². The predicted octanol–water partition coefficient (Wildman–Crippen LogP) is 2.74. The Hall–Kier alpha value is -0.860. The van der Waals surface area contributed by atoms with E-state index in [2.05, 4.69) is 57.4 Å². The average Bonchev–Trinajstić information content (AvgIpc) is 2.25. The first-order chi connectivity index (χ1) is 8.50. The fourth-order valence-electron chi connectivity index (χ4n) is 2.39. The molecule has 1 rings (SSSR count). The molecule has 102 valence electrons. The van der Waals surface area contributed by atoms with Gasteiger partial charge < -0.3 is 10.6 Å². The van der Waals surface area contributed by atoms with Gasteiger partial charge in [0.2, 0.25) is 0 Å². The second kappa shape index (κ2) is 7.55. The number of aryl methyl sites for hydroxylation is 3. The molecule has 2 N–H and O–H groups in total. The fraction of sp³-hybridized carbons (Fsp3) is 0.625. The Morgan fingerprint density at radius 2 is 1.56 bits per heavy atom. The van der Waals surface area contributed by atoms with E-state index in [4.69, 9.17) is 0 Å². The first kappa shape index (κ1) is 15.2. The quantitative estimate of drug-likeness (QED) is 0.725. The molecule has 0 atom stereocenters. The molecule has 0 saturated carbocycles. The van der Waals surface area contributed by atoms with Crippen LogP contribution in [0.3, 0.4) is 0 Å². The summed E-state index contributed by atoms with van der Waals surface area (Å²) in [6.45, 7) is 14.1. The summed E-state index contributed by atoms with van der Waals surface area (Å²) in [6, 6.07) is 5.14. The molecule has 0 unspecified atom stereocenters. The summed E-state index contributed by atoms with van der Waals surface area (Å²) in [6.07, 6.45) is 1.12. The smallest absolute Gasteiger partial charge is 0.00790 e. The van der Waals surface area contributed by atoms with Crippen molar-refractivity contribution in [1.29, 1.82) is 0 Å². The molecule has 2 nitrogen and oxygen atoms in total. The highest BCUT2D eigenvalue weighted by molar-refractivity contribution is 5.37. The number of hydrogen-bond donors (Lipinski definition) is 2. The minimum absolute atomic E-state index is 0.577. The average molecular weight is 248 g/mol. The number of benzene rings is 1. The molecule has 0 fully saturated rings. The van der Waals surface area contributed by atoms with E-state index in [1.807, 2.05) is 0 Å². The molecule has 2 heteroatoms. The van der Waals surface area contributed by atoms with Crippen LogP contribution in [0.5, 0.6) is 0 Å². The molecular formula is C16H28N2. The highest BCUT2D eigenvalue weighted by Gasteiger charge is 2.03. The molecule has 0 saturated heterocycles.